The van der Waals surface area contributed by atoms with Gasteiger partial charge in [0.05, 0.1) is 11.5 Å². The van der Waals surface area contributed by atoms with E-state index in [1.807, 2.05) is 24.3 Å². The molecule has 3 rings (SSSR count). The van der Waals surface area contributed by atoms with Crippen LogP contribution in [0.2, 0.25) is 0 Å². The van der Waals surface area contributed by atoms with Crippen molar-refractivity contribution in [2.24, 2.45) is 10.2 Å². The second kappa shape index (κ2) is 7.63. The van der Waals surface area contributed by atoms with Gasteiger partial charge in [-0.05, 0) is 36.2 Å². The first-order chi connectivity index (χ1) is 11.6. The van der Waals surface area contributed by atoms with Gasteiger partial charge in [-0.15, -0.1) is 5.10 Å². The first-order valence-electron chi connectivity index (χ1n) is 7.23. The highest BCUT2D eigenvalue weighted by molar-refractivity contribution is 9.10. The van der Waals surface area contributed by atoms with Crippen LogP contribution >= 0.6 is 27.7 Å². The number of phenolic OH excluding ortho intramolecular Hbond substituents is 1. The third kappa shape index (κ3) is 4.24. The Morgan fingerprint density at radius 1 is 1.21 bits per heavy atom. The van der Waals surface area contributed by atoms with E-state index in [0.29, 0.717) is 17.2 Å². The maximum atomic E-state index is 12.0. The molecular formula is C17H14BrN3O2S. The van der Waals surface area contributed by atoms with E-state index in [2.05, 4.69) is 31.4 Å². The third-order valence-corrected chi connectivity index (χ3v) is 4.99. The number of thioether (sulfide) groups is 1. The van der Waals surface area contributed by atoms with Crippen molar-refractivity contribution in [2.75, 3.05) is 0 Å². The number of amides is 1. The minimum atomic E-state index is -0.217. The second-order valence-corrected chi connectivity index (χ2v) is 7.24. The van der Waals surface area contributed by atoms with Crippen LogP contribution in [0, 0.1) is 0 Å². The van der Waals surface area contributed by atoms with Crippen molar-refractivity contribution in [3.05, 3.63) is 64.1 Å². The van der Waals surface area contributed by atoms with E-state index >= 15 is 0 Å². The molecule has 1 saturated heterocycles. The fraction of sp³-hybridized carbons (Fsp3) is 0.118. The molecule has 122 valence electrons. The lowest BCUT2D eigenvalue weighted by Crippen LogP contribution is -2.25. The van der Waals surface area contributed by atoms with E-state index in [1.54, 1.807) is 24.3 Å². The Balaban J connectivity index is 1.63. The second-order valence-electron chi connectivity index (χ2n) is 5.13. The van der Waals surface area contributed by atoms with Crippen molar-refractivity contribution in [1.29, 1.82) is 0 Å². The largest absolute Gasteiger partial charge is 0.507 e. The number of rotatable bonds is 4. The number of carbonyl (C=O) groups is 1. The molecule has 0 saturated carbocycles. The molecule has 2 aromatic carbocycles. The molecule has 5 nitrogen and oxygen atoms in total. The molecule has 2 N–H and O–H groups in total. The summed E-state index contributed by atoms with van der Waals surface area (Å²) in [6, 6.07) is 14.7. The average molecular weight is 404 g/mol. The molecule has 1 aliphatic rings. The number of benzene rings is 2. The van der Waals surface area contributed by atoms with Crippen molar-refractivity contribution >= 4 is 45.0 Å². The zero-order valence-electron chi connectivity index (χ0n) is 12.5. The van der Waals surface area contributed by atoms with E-state index in [-0.39, 0.29) is 16.9 Å². The molecule has 0 radical (unpaired) electrons. The number of nitrogens with zero attached hydrogens (tertiary/aromatic N) is 2. The van der Waals surface area contributed by atoms with Gasteiger partial charge >= 0.3 is 0 Å². The highest BCUT2D eigenvalue weighted by atomic mass is 79.9. The number of phenols is 1. The zero-order valence-corrected chi connectivity index (χ0v) is 14.9. The molecule has 1 aliphatic heterocycles. The molecule has 0 aliphatic carbocycles. The molecule has 1 fully saturated rings. The lowest BCUT2D eigenvalue weighted by molar-refractivity contribution is -0.118. The quantitative estimate of drug-likeness (QED) is 0.607. The molecule has 24 heavy (non-hydrogen) atoms. The van der Waals surface area contributed by atoms with Gasteiger partial charge in [0.2, 0.25) is 5.91 Å². The highest BCUT2D eigenvalue weighted by Crippen LogP contribution is 2.24. The van der Waals surface area contributed by atoms with Gasteiger partial charge in [-0.2, -0.15) is 5.10 Å². The molecular weight excluding hydrogens is 390 g/mol. The fourth-order valence-electron chi connectivity index (χ4n) is 2.16. The van der Waals surface area contributed by atoms with E-state index in [0.717, 1.165) is 10.0 Å². The van der Waals surface area contributed by atoms with Crippen LogP contribution in [0.15, 0.2) is 63.2 Å². The average Bonchev–Trinajstić information content (AvgIpc) is 2.91. The van der Waals surface area contributed by atoms with Gasteiger partial charge in [0.25, 0.3) is 0 Å². The van der Waals surface area contributed by atoms with E-state index in [1.165, 1.54) is 18.0 Å². The minimum absolute atomic E-state index is 0.0700. The molecule has 1 atom stereocenters. The fourth-order valence-corrected chi connectivity index (χ4v) is 3.39. The SMILES string of the molecule is O=C1N/C(=N\N=C\c2ccccc2O)S[C@H]1Cc1ccc(Br)cc1. The van der Waals surface area contributed by atoms with E-state index < -0.39 is 0 Å². The van der Waals surface area contributed by atoms with Crippen LogP contribution in [0.25, 0.3) is 0 Å². The summed E-state index contributed by atoms with van der Waals surface area (Å²) >= 11 is 4.75. The summed E-state index contributed by atoms with van der Waals surface area (Å²) in [6.45, 7) is 0. The third-order valence-electron chi connectivity index (χ3n) is 3.39. The van der Waals surface area contributed by atoms with Gasteiger partial charge in [0.1, 0.15) is 5.75 Å². The van der Waals surface area contributed by atoms with Crippen LogP contribution in [0.1, 0.15) is 11.1 Å². The Bertz CT molecular complexity index is 806. The molecule has 0 bridgehead atoms. The molecule has 1 amide bonds. The van der Waals surface area contributed by atoms with Crippen molar-refractivity contribution in [1.82, 2.24) is 5.32 Å². The Morgan fingerprint density at radius 2 is 1.96 bits per heavy atom. The standard InChI is InChI=1S/C17H14BrN3O2S/c18-13-7-5-11(6-8-13)9-15-16(23)20-17(24-15)21-19-10-12-3-1-2-4-14(12)22/h1-8,10,15,22H,9H2,(H,20,21,23)/b19-10+/t15-/m0/s1. The van der Waals surface area contributed by atoms with Gasteiger partial charge in [0.15, 0.2) is 5.17 Å². The number of carbonyl (C=O) groups excluding carboxylic acids is 1. The zero-order chi connectivity index (χ0) is 16.9. The van der Waals surface area contributed by atoms with Crippen LogP contribution in [0.5, 0.6) is 5.75 Å². The van der Waals surface area contributed by atoms with Gasteiger partial charge in [0, 0.05) is 10.0 Å². The number of hydrogen-bond acceptors (Lipinski definition) is 5. The summed E-state index contributed by atoms with van der Waals surface area (Å²) in [5, 5.41) is 20.6. The van der Waals surface area contributed by atoms with Gasteiger partial charge in [-0.25, -0.2) is 0 Å². The van der Waals surface area contributed by atoms with Crippen LogP contribution in [-0.4, -0.2) is 27.6 Å². The monoisotopic (exact) mass is 403 g/mol. The van der Waals surface area contributed by atoms with Crippen molar-refractivity contribution in [3.8, 4) is 5.75 Å². The van der Waals surface area contributed by atoms with Crippen LogP contribution in [-0.2, 0) is 11.2 Å². The number of halogens is 1. The van der Waals surface area contributed by atoms with Gasteiger partial charge in [-0.1, -0.05) is 52.0 Å². The normalized spacial score (nSPS) is 19.1. The summed E-state index contributed by atoms with van der Waals surface area (Å²) in [4.78, 5) is 12.0. The van der Waals surface area contributed by atoms with Gasteiger partial charge in [-0.3, -0.25) is 4.79 Å². The topological polar surface area (TPSA) is 74.0 Å². The smallest absolute Gasteiger partial charge is 0.239 e. The molecule has 2 aromatic rings. The number of nitrogens with one attached hydrogen (secondary N) is 1. The Kier molecular flexibility index (Phi) is 5.32. The molecule has 0 aromatic heterocycles. The van der Waals surface area contributed by atoms with Crippen molar-refractivity contribution in [2.45, 2.75) is 11.7 Å². The summed E-state index contributed by atoms with van der Waals surface area (Å²) in [6.07, 6.45) is 2.09. The maximum Gasteiger partial charge on any atom is 0.239 e. The van der Waals surface area contributed by atoms with Crippen LogP contribution in [0.4, 0.5) is 0 Å². The Hall–Kier alpha value is -2.12. The summed E-state index contributed by atoms with van der Waals surface area (Å²) in [5.41, 5.74) is 1.66. The Morgan fingerprint density at radius 3 is 2.71 bits per heavy atom. The maximum absolute atomic E-state index is 12.0. The van der Waals surface area contributed by atoms with Crippen LogP contribution in [0.3, 0.4) is 0 Å². The predicted octanol–water partition coefficient (Wildman–Crippen LogP) is 3.32. The molecule has 0 unspecified atom stereocenters. The number of para-hydroxylation sites is 1. The molecule has 7 heteroatoms. The summed E-state index contributed by atoms with van der Waals surface area (Å²) < 4.78 is 1.01. The lowest BCUT2D eigenvalue weighted by Gasteiger charge is -2.05. The number of amidine groups is 1. The van der Waals surface area contributed by atoms with Gasteiger partial charge < -0.3 is 10.4 Å². The summed E-state index contributed by atoms with van der Waals surface area (Å²) in [5.74, 6) is 0.0668. The highest BCUT2D eigenvalue weighted by Gasteiger charge is 2.30. The van der Waals surface area contributed by atoms with Crippen LogP contribution < -0.4 is 5.32 Å². The van der Waals surface area contributed by atoms with E-state index in [4.69, 9.17) is 0 Å². The van der Waals surface area contributed by atoms with Crippen molar-refractivity contribution < 1.29 is 9.90 Å². The minimum Gasteiger partial charge on any atom is -0.507 e. The molecule has 0 spiro atoms. The molecule has 1 heterocycles. The number of hydrogen-bond donors (Lipinski definition) is 2. The van der Waals surface area contributed by atoms with E-state index in [9.17, 15) is 9.90 Å². The number of aromatic hydroxyl groups is 1. The Labute approximate surface area is 152 Å². The predicted molar refractivity (Wildman–Crippen MR) is 101 cm³/mol. The first-order valence-corrected chi connectivity index (χ1v) is 8.90. The van der Waals surface area contributed by atoms with Crippen molar-refractivity contribution in [3.63, 3.8) is 0 Å². The summed E-state index contributed by atoms with van der Waals surface area (Å²) in [7, 11) is 0. The lowest BCUT2D eigenvalue weighted by atomic mass is 10.1. The first kappa shape index (κ1) is 16.7.